The highest BCUT2D eigenvalue weighted by Crippen LogP contribution is 2.26. The minimum Gasteiger partial charge on any atom is -0.321 e. The van der Waals surface area contributed by atoms with E-state index in [4.69, 9.17) is 5.73 Å². The molecule has 1 aromatic carbocycles. The molecule has 0 bridgehead atoms. The zero-order chi connectivity index (χ0) is 13.9. The number of hydrogen-bond donors (Lipinski definition) is 1. The Kier molecular flexibility index (Phi) is 4.35. The molecule has 0 aliphatic rings. The maximum atomic E-state index is 13.8. The van der Waals surface area contributed by atoms with Crippen LogP contribution in [0.2, 0.25) is 0 Å². The second kappa shape index (κ2) is 5.40. The Morgan fingerprint density at radius 3 is 2.39 bits per heavy atom. The molecule has 0 aliphatic carbocycles. The molecule has 0 fully saturated rings. The van der Waals surface area contributed by atoms with Gasteiger partial charge >= 0.3 is 0 Å². The SMILES string of the molecule is CC(=O)Cc1ccc(F)c([C@@](C)(N)CC(C)=O)c1. The Labute approximate surface area is 106 Å². The number of carbonyl (C=O) groups is 2. The lowest BCUT2D eigenvalue weighted by Crippen LogP contribution is -2.36. The van der Waals surface area contributed by atoms with Gasteiger partial charge in [-0.1, -0.05) is 12.1 Å². The fourth-order valence-corrected chi connectivity index (χ4v) is 2.02. The molecule has 4 heteroatoms. The first-order chi connectivity index (χ1) is 8.22. The van der Waals surface area contributed by atoms with Gasteiger partial charge < -0.3 is 5.73 Å². The van der Waals surface area contributed by atoms with Crippen molar-refractivity contribution in [3.05, 3.63) is 35.1 Å². The molecule has 0 amide bonds. The third kappa shape index (κ3) is 3.74. The lowest BCUT2D eigenvalue weighted by molar-refractivity contribution is -0.118. The number of benzene rings is 1. The van der Waals surface area contributed by atoms with Crippen LogP contribution in [0.3, 0.4) is 0 Å². The van der Waals surface area contributed by atoms with Crippen LogP contribution in [0.15, 0.2) is 18.2 Å². The fraction of sp³-hybridized carbons (Fsp3) is 0.429. The molecule has 0 radical (unpaired) electrons. The third-order valence-corrected chi connectivity index (χ3v) is 2.72. The van der Waals surface area contributed by atoms with E-state index in [-0.39, 0.29) is 30.0 Å². The topological polar surface area (TPSA) is 60.2 Å². The van der Waals surface area contributed by atoms with Crippen molar-refractivity contribution in [2.75, 3.05) is 0 Å². The predicted octanol–water partition coefficient (Wildman–Crippen LogP) is 2.11. The van der Waals surface area contributed by atoms with Crippen LogP contribution in [0.25, 0.3) is 0 Å². The van der Waals surface area contributed by atoms with Crippen LogP contribution in [0.4, 0.5) is 4.39 Å². The van der Waals surface area contributed by atoms with E-state index in [1.165, 1.54) is 19.9 Å². The highest BCUT2D eigenvalue weighted by atomic mass is 19.1. The summed E-state index contributed by atoms with van der Waals surface area (Å²) in [5, 5.41) is 0. The summed E-state index contributed by atoms with van der Waals surface area (Å²) >= 11 is 0. The van der Waals surface area contributed by atoms with Gasteiger partial charge in [0.25, 0.3) is 0 Å². The summed E-state index contributed by atoms with van der Waals surface area (Å²) in [6.07, 6.45) is 0.302. The number of nitrogens with two attached hydrogens (primary N) is 1. The van der Waals surface area contributed by atoms with Crippen molar-refractivity contribution in [1.82, 2.24) is 0 Å². The van der Waals surface area contributed by atoms with Crippen molar-refractivity contribution in [1.29, 1.82) is 0 Å². The van der Waals surface area contributed by atoms with Crippen LogP contribution in [0.1, 0.15) is 38.3 Å². The number of hydrogen-bond acceptors (Lipinski definition) is 3. The molecule has 0 spiro atoms. The number of rotatable bonds is 5. The van der Waals surface area contributed by atoms with E-state index in [0.717, 1.165) is 0 Å². The lowest BCUT2D eigenvalue weighted by Gasteiger charge is -2.25. The fourth-order valence-electron chi connectivity index (χ4n) is 2.02. The van der Waals surface area contributed by atoms with Gasteiger partial charge in [0.2, 0.25) is 0 Å². The first kappa shape index (κ1) is 14.5. The molecule has 0 heterocycles. The molecular weight excluding hydrogens is 233 g/mol. The van der Waals surface area contributed by atoms with E-state index in [1.807, 2.05) is 0 Å². The van der Waals surface area contributed by atoms with Crippen molar-refractivity contribution in [3.63, 3.8) is 0 Å². The van der Waals surface area contributed by atoms with E-state index in [9.17, 15) is 14.0 Å². The van der Waals surface area contributed by atoms with Gasteiger partial charge in [-0.05, 0) is 32.4 Å². The molecule has 0 saturated carbocycles. The average Bonchev–Trinajstić information content (AvgIpc) is 2.18. The van der Waals surface area contributed by atoms with Crippen molar-refractivity contribution in [3.8, 4) is 0 Å². The zero-order valence-electron chi connectivity index (χ0n) is 10.9. The Hall–Kier alpha value is -1.55. The van der Waals surface area contributed by atoms with E-state index >= 15 is 0 Å². The molecule has 0 aliphatic heterocycles. The monoisotopic (exact) mass is 251 g/mol. The largest absolute Gasteiger partial charge is 0.321 e. The van der Waals surface area contributed by atoms with Gasteiger partial charge in [-0.2, -0.15) is 0 Å². The number of carbonyl (C=O) groups excluding carboxylic acids is 2. The molecular formula is C14H18FNO2. The first-order valence-corrected chi connectivity index (χ1v) is 5.79. The van der Waals surface area contributed by atoms with E-state index < -0.39 is 11.4 Å². The Bertz CT molecular complexity index is 481. The predicted molar refractivity (Wildman–Crippen MR) is 67.6 cm³/mol. The standard InChI is InChI=1S/C14H18FNO2/c1-9(17)6-11-4-5-13(15)12(7-11)14(3,16)8-10(2)18/h4-5,7H,6,8,16H2,1-3H3/t14-/m0/s1. The van der Waals surface area contributed by atoms with Gasteiger partial charge in [-0.3, -0.25) is 9.59 Å². The van der Waals surface area contributed by atoms with Crippen molar-refractivity contribution in [2.24, 2.45) is 5.73 Å². The summed E-state index contributed by atoms with van der Waals surface area (Å²) in [4.78, 5) is 22.2. The van der Waals surface area contributed by atoms with E-state index in [1.54, 1.807) is 19.1 Å². The van der Waals surface area contributed by atoms with Crippen LogP contribution in [-0.2, 0) is 21.5 Å². The highest BCUT2D eigenvalue weighted by molar-refractivity contribution is 5.78. The van der Waals surface area contributed by atoms with Gasteiger partial charge in [-0.15, -0.1) is 0 Å². The molecule has 2 N–H and O–H groups in total. The van der Waals surface area contributed by atoms with E-state index in [2.05, 4.69) is 0 Å². The first-order valence-electron chi connectivity index (χ1n) is 5.79. The average molecular weight is 251 g/mol. The summed E-state index contributed by atoms with van der Waals surface area (Å²) in [7, 11) is 0. The Balaban J connectivity index is 3.13. The van der Waals surface area contributed by atoms with Crippen LogP contribution >= 0.6 is 0 Å². The molecule has 98 valence electrons. The maximum Gasteiger partial charge on any atom is 0.134 e. The quantitative estimate of drug-likeness (QED) is 0.871. The van der Waals surface area contributed by atoms with Gasteiger partial charge in [0.15, 0.2) is 0 Å². The van der Waals surface area contributed by atoms with Gasteiger partial charge in [0.05, 0.1) is 0 Å². The third-order valence-electron chi connectivity index (χ3n) is 2.72. The second-order valence-electron chi connectivity index (χ2n) is 4.99. The summed E-state index contributed by atoms with van der Waals surface area (Å²) in [6, 6.07) is 4.42. The van der Waals surface area contributed by atoms with Gasteiger partial charge in [-0.25, -0.2) is 4.39 Å². The molecule has 1 rings (SSSR count). The van der Waals surface area contributed by atoms with Gasteiger partial charge in [0.1, 0.15) is 17.4 Å². The summed E-state index contributed by atoms with van der Waals surface area (Å²) in [5.74, 6) is -0.553. The molecule has 1 aromatic rings. The number of Topliss-reactive ketones (excluding diaryl/α,β-unsaturated/α-hetero) is 2. The smallest absolute Gasteiger partial charge is 0.134 e. The minimum absolute atomic E-state index is 0.00199. The normalized spacial score (nSPS) is 14.1. The Morgan fingerprint density at radius 2 is 1.89 bits per heavy atom. The molecule has 3 nitrogen and oxygen atoms in total. The van der Waals surface area contributed by atoms with Crippen LogP contribution in [-0.4, -0.2) is 11.6 Å². The van der Waals surface area contributed by atoms with Crippen LogP contribution in [0, 0.1) is 5.82 Å². The van der Waals surface area contributed by atoms with Crippen LogP contribution < -0.4 is 5.73 Å². The van der Waals surface area contributed by atoms with Crippen molar-refractivity contribution >= 4 is 11.6 Å². The number of ketones is 2. The second-order valence-corrected chi connectivity index (χ2v) is 4.99. The van der Waals surface area contributed by atoms with Crippen molar-refractivity contribution in [2.45, 2.75) is 39.2 Å². The van der Waals surface area contributed by atoms with E-state index in [0.29, 0.717) is 5.56 Å². The van der Waals surface area contributed by atoms with Gasteiger partial charge in [0, 0.05) is 23.9 Å². The number of halogens is 1. The Morgan fingerprint density at radius 1 is 1.28 bits per heavy atom. The summed E-state index contributed by atoms with van der Waals surface area (Å²) in [5.41, 5.74) is 5.92. The molecule has 1 atom stereocenters. The maximum absolute atomic E-state index is 13.8. The highest BCUT2D eigenvalue weighted by Gasteiger charge is 2.26. The zero-order valence-corrected chi connectivity index (χ0v) is 10.9. The minimum atomic E-state index is -1.05. The van der Waals surface area contributed by atoms with Crippen LogP contribution in [0.5, 0.6) is 0 Å². The summed E-state index contributed by atoms with van der Waals surface area (Å²) in [6.45, 7) is 4.51. The lowest BCUT2D eigenvalue weighted by atomic mass is 9.86. The molecule has 0 saturated heterocycles. The van der Waals surface area contributed by atoms with Crippen molar-refractivity contribution < 1.29 is 14.0 Å². The summed E-state index contributed by atoms with van der Waals surface area (Å²) < 4.78 is 13.8. The molecule has 0 aromatic heterocycles. The molecule has 0 unspecified atom stereocenters. The molecule has 18 heavy (non-hydrogen) atoms.